The van der Waals surface area contributed by atoms with Crippen LogP contribution in [-0.2, 0) is 5.33 Å². The highest BCUT2D eigenvalue weighted by Crippen LogP contribution is 2.19. The molecule has 0 unspecified atom stereocenters. The predicted octanol–water partition coefficient (Wildman–Crippen LogP) is 2.58. The van der Waals surface area contributed by atoms with E-state index in [2.05, 4.69) is 38.0 Å². The lowest BCUT2D eigenvalue weighted by molar-refractivity contribution is 1.00. The van der Waals surface area contributed by atoms with E-state index >= 15 is 0 Å². The fourth-order valence-electron chi connectivity index (χ4n) is 1.86. The van der Waals surface area contributed by atoms with E-state index in [1.54, 1.807) is 12.3 Å². The van der Waals surface area contributed by atoms with E-state index in [-0.39, 0.29) is 5.69 Å². The molecule has 3 aromatic rings. The molecular weight excluding hydrogens is 294 g/mol. The van der Waals surface area contributed by atoms with Crippen molar-refractivity contribution in [3.05, 3.63) is 58.8 Å². The van der Waals surface area contributed by atoms with Gasteiger partial charge in [0, 0.05) is 17.7 Å². The number of rotatable bonds is 2. The lowest BCUT2D eigenvalue weighted by atomic mass is 10.1. The van der Waals surface area contributed by atoms with Gasteiger partial charge in [0.2, 0.25) is 0 Å². The van der Waals surface area contributed by atoms with Crippen molar-refractivity contribution in [3.8, 4) is 11.3 Å². The first-order chi connectivity index (χ1) is 8.78. The number of alkyl halides is 1. The highest BCUT2D eigenvalue weighted by atomic mass is 79.9. The number of aromatic amines is 1. The van der Waals surface area contributed by atoms with E-state index < -0.39 is 0 Å². The molecule has 0 spiro atoms. The highest BCUT2D eigenvalue weighted by Gasteiger charge is 2.04. The van der Waals surface area contributed by atoms with Gasteiger partial charge >= 0.3 is 5.69 Å². The van der Waals surface area contributed by atoms with Gasteiger partial charge in [-0.1, -0.05) is 40.2 Å². The largest absolute Gasteiger partial charge is 0.353 e. The van der Waals surface area contributed by atoms with Gasteiger partial charge in [0.25, 0.3) is 0 Å². The van der Waals surface area contributed by atoms with Crippen molar-refractivity contribution in [3.63, 3.8) is 0 Å². The molecular formula is C13H10BrN3O. The molecule has 1 N–H and O–H groups in total. The summed E-state index contributed by atoms with van der Waals surface area (Å²) in [6.07, 6.45) is 3.28. The first-order valence-corrected chi connectivity index (χ1v) is 6.62. The average Bonchev–Trinajstić information content (AvgIpc) is 2.84. The third kappa shape index (κ3) is 1.86. The third-order valence-electron chi connectivity index (χ3n) is 2.82. The van der Waals surface area contributed by atoms with Gasteiger partial charge < -0.3 is 4.98 Å². The first-order valence-electron chi connectivity index (χ1n) is 5.49. The standard InChI is InChI=1S/C13H10BrN3O/c14-7-9-1-3-10(4-2-9)11-8-17-12(16-11)5-6-15-13(17)18/h1-6,8,16H,7H2. The van der Waals surface area contributed by atoms with Crippen LogP contribution in [0.5, 0.6) is 0 Å². The van der Waals surface area contributed by atoms with Crippen molar-refractivity contribution < 1.29 is 0 Å². The number of hydrogen-bond donors (Lipinski definition) is 1. The number of fused-ring (bicyclic) bond motifs is 1. The van der Waals surface area contributed by atoms with Crippen molar-refractivity contribution in [2.24, 2.45) is 0 Å². The molecule has 3 rings (SSSR count). The number of nitrogens with zero attached hydrogens (tertiary/aromatic N) is 2. The summed E-state index contributed by atoms with van der Waals surface area (Å²) in [5.41, 5.74) is 3.64. The molecule has 0 aliphatic heterocycles. The summed E-state index contributed by atoms with van der Waals surface area (Å²) in [5.74, 6) is 0. The molecule has 0 bridgehead atoms. The Morgan fingerprint density at radius 2 is 2.00 bits per heavy atom. The van der Waals surface area contributed by atoms with Crippen LogP contribution in [0, 0.1) is 0 Å². The van der Waals surface area contributed by atoms with Crippen LogP contribution >= 0.6 is 15.9 Å². The summed E-state index contributed by atoms with van der Waals surface area (Å²) in [5, 5.41) is 0.837. The van der Waals surface area contributed by atoms with E-state index in [1.807, 2.05) is 12.1 Å². The molecule has 5 heteroatoms. The van der Waals surface area contributed by atoms with Crippen molar-refractivity contribution in [1.82, 2.24) is 14.4 Å². The maximum Gasteiger partial charge on any atom is 0.353 e. The fraction of sp³-hybridized carbons (Fsp3) is 0.0769. The Bertz CT molecular complexity index is 743. The molecule has 4 nitrogen and oxygen atoms in total. The summed E-state index contributed by atoms with van der Waals surface area (Å²) in [4.78, 5) is 18.5. The maximum absolute atomic E-state index is 11.5. The summed E-state index contributed by atoms with van der Waals surface area (Å²) >= 11 is 3.41. The van der Waals surface area contributed by atoms with Gasteiger partial charge in [-0.05, 0) is 17.2 Å². The molecule has 18 heavy (non-hydrogen) atoms. The summed E-state index contributed by atoms with van der Waals surface area (Å²) in [6, 6.07) is 9.94. The second-order valence-corrected chi connectivity index (χ2v) is 4.54. The molecule has 0 radical (unpaired) electrons. The predicted molar refractivity (Wildman–Crippen MR) is 73.9 cm³/mol. The number of halogens is 1. The number of H-pyrrole nitrogens is 1. The zero-order valence-corrected chi connectivity index (χ0v) is 11.0. The van der Waals surface area contributed by atoms with Gasteiger partial charge in [0.1, 0.15) is 5.65 Å². The van der Waals surface area contributed by atoms with Crippen molar-refractivity contribution in [2.75, 3.05) is 0 Å². The monoisotopic (exact) mass is 303 g/mol. The van der Waals surface area contributed by atoms with Gasteiger partial charge in [-0.3, -0.25) is 4.40 Å². The van der Waals surface area contributed by atoms with Crippen LogP contribution in [0.15, 0.2) is 47.5 Å². The molecule has 2 aromatic heterocycles. The fourth-order valence-corrected chi connectivity index (χ4v) is 2.24. The Morgan fingerprint density at radius 3 is 2.67 bits per heavy atom. The van der Waals surface area contributed by atoms with Crippen LogP contribution in [0.3, 0.4) is 0 Å². The van der Waals surface area contributed by atoms with E-state index in [0.29, 0.717) is 0 Å². The minimum Gasteiger partial charge on any atom is -0.339 e. The average molecular weight is 304 g/mol. The zero-order valence-electron chi connectivity index (χ0n) is 9.43. The van der Waals surface area contributed by atoms with Gasteiger partial charge in [-0.25, -0.2) is 9.78 Å². The topological polar surface area (TPSA) is 50.2 Å². The van der Waals surface area contributed by atoms with E-state index in [9.17, 15) is 4.79 Å². The van der Waals surface area contributed by atoms with Crippen molar-refractivity contribution >= 4 is 21.6 Å². The van der Waals surface area contributed by atoms with E-state index in [0.717, 1.165) is 22.2 Å². The van der Waals surface area contributed by atoms with Crippen molar-refractivity contribution in [1.29, 1.82) is 0 Å². The zero-order chi connectivity index (χ0) is 12.5. The Labute approximate surface area is 111 Å². The Kier molecular flexibility index (Phi) is 2.76. The third-order valence-corrected chi connectivity index (χ3v) is 3.47. The first kappa shape index (κ1) is 11.2. The molecule has 90 valence electrons. The Morgan fingerprint density at radius 1 is 1.22 bits per heavy atom. The number of aromatic nitrogens is 3. The van der Waals surface area contributed by atoms with Gasteiger partial charge in [-0.15, -0.1) is 0 Å². The van der Waals surface area contributed by atoms with Crippen LogP contribution in [0.4, 0.5) is 0 Å². The Hall–Kier alpha value is -1.88. The molecule has 2 heterocycles. The second-order valence-electron chi connectivity index (χ2n) is 3.98. The van der Waals surface area contributed by atoms with Crippen LogP contribution in [0.25, 0.3) is 16.9 Å². The van der Waals surface area contributed by atoms with Crippen molar-refractivity contribution in [2.45, 2.75) is 5.33 Å². The molecule has 0 saturated carbocycles. The molecule has 0 fully saturated rings. The second kappa shape index (κ2) is 4.42. The number of benzene rings is 1. The molecule has 1 aromatic carbocycles. The number of hydrogen-bond acceptors (Lipinski definition) is 2. The van der Waals surface area contributed by atoms with Gasteiger partial charge in [0.05, 0.1) is 5.69 Å². The van der Waals surface area contributed by atoms with E-state index in [4.69, 9.17) is 0 Å². The summed E-state index contributed by atoms with van der Waals surface area (Å²) in [7, 11) is 0. The summed E-state index contributed by atoms with van der Waals surface area (Å²) in [6.45, 7) is 0. The smallest absolute Gasteiger partial charge is 0.339 e. The molecule has 0 aliphatic carbocycles. The molecule has 0 atom stereocenters. The quantitative estimate of drug-likeness (QED) is 0.740. The van der Waals surface area contributed by atoms with Crippen LogP contribution in [0.1, 0.15) is 5.56 Å². The maximum atomic E-state index is 11.5. The molecule has 0 aliphatic rings. The molecule has 0 amide bonds. The van der Waals surface area contributed by atoms with Crippen LogP contribution < -0.4 is 5.69 Å². The Balaban J connectivity index is 2.13. The molecule has 0 saturated heterocycles. The summed E-state index contributed by atoms with van der Waals surface area (Å²) < 4.78 is 1.51. The number of nitrogens with one attached hydrogen (secondary N) is 1. The van der Waals surface area contributed by atoms with Gasteiger partial charge in [0.15, 0.2) is 0 Å². The van der Waals surface area contributed by atoms with Crippen LogP contribution in [-0.4, -0.2) is 14.4 Å². The minimum absolute atomic E-state index is 0.271. The lowest BCUT2D eigenvalue weighted by Gasteiger charge is -1.98. The minimum atomic E-state index is -0.271. The highest BCUT2D eigenvalue weighted by molar-refractivity contribution is 9.08. The number of imidazole rings is 1. The lowest BCUT2D eigenvalue weighted by Crippen LogP contribution is -2.13. The normalized spacial score (nSPS) is 10.9. The van der Waals surface area contributed by atoms with Crippen LogP contribution in [0.2, 0.25) is 0 Å². The van der Waals surface area contributed by atoms with E-state index in [1.165, 1.54) is 16.2 Å². The van der Waals surface area contributed by atoms with Gasteiger partial charge in [-0.2, -0.15) is 0 Å². The SMILES string of the molecule is O=c1nccc2[nH]c(-c3ccc(CBr)cc3)cn12.